The lowest BCUT2D eigenvalue weighted by molar-refractivity contribution is 0.414. The predicted octanol–water partition coefficient (Wildman–Crippen LogP) is 2.07. The average Bonchev–Trinajstić information content (AvgIpc) is 2.46. The molecule has 0 saturated heterocycles. The van der Waals surface area contributed by atoms with Crippen LogP contribution < -0.4 is 14.8 Å². The van der Waals surface area contributed by atoms with E-state index < -0.39 is 10.0 Å². The molecule has 0 spiro atoms. The Labute approximate surface area is 128 Å². The summed E-state index contributed by atoms with van der Waals surface area (Å²) in [6, 6.07) is 7.15. The summed E-state index contributed by atoms with van der Waals surface area (Å²) in [5, 5.41) is 3.20. The molecule has 0 aliphatic rings. The van der Waals surface area contributed by atoms with Crippen molar-refractivity contribution in [3.63, 3.8) is 0 Å². The van der Waals surface area contributed by atoms with Gasteiger partial charge in [0.1, 0.15) is 5.75 Å². The molecule has 0 radical (unpaired) electrons. The van der Waals surface area contributed by atoms with Gasteiger partial charge in [0.15, 0.2) is 0 Å². The zero-order valence-electron chi connectivity index (χ0n) is 13.1. The van der Waals surface area contributed by atoms with Crippen LogP contribution in [0.5, 0.6) is 5.75 Å². The molecule has 0 bridgehead atoms. The van der Waals surface area contributed by atoms with Gasteiger partial charge in [0, 0.05) is 6.04 Å². The summed E-state index contributed by atoms with van der Waals surface area (Å²) in [4.78, 5) is 0. The molecule has 0 aliphatic heterocycles. The normalized spacial score (nSPS) is 13.1. The number of hydrogen-bond acceptors (Lipinski definition) is 4. The fourth-order valence-corrected chi connectivity index (χ4v) is 3.29. The molecule has 5 nitrogen and oxygen atoms in total. The van der Waals surface area contributed by atoms with Gasteiger partial charge in [-0.25, -0.2) is 13.1 Å². The van der Waals surface area contributed by atoms with E-state index in [0.717, 1.165) is 30.8 Å². The molecule has 1 atom stereocenters. The first-order chi connectivity index (χ1) is 9.98. The first-order valence-corrected chi connectivity index (χ1v) is 8.98. The summed E-state index contributed by atoms with van der Waals surface area (Å²) in [5.74, 6) is 0.903. The summed E-state index contributed by atoms with van der Waals surface area (Å²) in [5.41, 5.74) is 0.920. The molecule has 1 aromatic rings. The van der Waals surface area contributed by atoms with Crippen LogP contribution in [0.15, 0.2) is 24.3 Å². The number of sulfonamides is 1. The number of rotatable bonds is 10. The molecule has 21 heavy (non-hydrogen) atoms. The van der Waals surface area contributed by atoms with E-state index in [0.29, 0.717) is 6.42 Å². The van der Waals surface area contributed by atoms with Crippen molar-refractivity contribution in [2.45, 2.75) is 32.7 Å². The summed E-state index contributed by atoms with van der Waals surface area (Å²) in [7, 11) is -1.65. The molecule has 0 amide bonds. The number of methoxy groups -OCH3 is 1. The molecule has 2 N–H and O–H groups in total. The van der Waals surface area contributed by atoms with Crippen LogP contribution in [0.4, 0.5) is 0 Å². The van der Waals surface area contributed by atoms with Crippen molar-refractivity contribution in [2.24, 2.45) is 0 Å². The van der Waals surface area contributed by atoms with Gasteiger partial charge in [0.2, 0.25) is 10.0 Å². The number of benzene rings is 1. The van der Waals surface area contributed by atoms with Crippen molar-refractivity contribution in [2.75, 3.05) is 26.0 Å². The highest BCUT2D eigenvalue weighted by molar-refractivity contribution is 7.89. The molecule has 6 heteroatoms. The quantitative estimate of drug-likeness (QED) is 0.649. The third kappa shape index (κ3) is 6.93. The minimum Gasteiger partial charge on any atom is -0.497 e. The molecule has 1 rings (SSSR count). The van der Waals surface area contributed by atoms with Crippen LogP contribution in [0, 0.1) is 0 Å². The first kappa shape index (κ1) is 17.9. The summed E-state index contributed by atoms with van der Waals surface area (Å²) in [6.45, 7) is 5.58. The third-order valence-corrected chi connectivity index (χ3v) is 4.70. The molecule has 120 valence electrons. The van der Waals surface area contributed by atoms with E-state index in [4.69, 9.17) is 4.74 Å². The maximum atomic E-state index is 12.0. The Balaban J connectivity index is 2.45. The smallest absolute Gasteiger partial charge is 0.212 e. The van der Waals surface area contributed by atoms with E-state index in [9.17, 15) is 8.42 Å². The SMILES string of the molecule is CCCNCCCS(=O)(=O)NC(C)c1ccc(OC)cc1. The zero-order chi connectivity index (χ0) is 15.7. The van der Waals surface area contributed by atoms with E-state index in [-0.39, 0.29) is 11.8 Å². The Morgan fingerprint density at radius 2 is 1.86 bits per heavy atom. The van der Waals surface area contributed by atoms with Crippen LogP contribution in [-0.2, 0) is 10.0 Å². The standard InChI is InChI=1S/C15H26N2O3S/c1-4-10-16-11-5-12-21(18,19)17-13(2)14-6-8-15(20-3)9-7-14/h6-9,13,16-17H,4-5,10-12H2,1-3H3. The maximum Gasteiger partial charge on any atom is 0.212 e. The largest absolute Gasteiger partial charge is 0.497 e. The lowest BCUT2D eigenvalue weighted by Crippen LogP contribution is -2.30. The van der Waals surface area contributed by atoms with E-state index in [1.807, 2.05) is 31.2 Å². The zero-order valence-corrected chi connectivity index (χ0v) is 13.9. The fourth-order valence-electron chi connectivity index (χ4n) is 1.98. The van der Waals surface area contributed by atoms with E-state index in [1.165, 1.54) is 0 Å². The maximum absolute atomic E-state index is 12.0. The summed E-state index contributed by atoms with van der Waals surface area (Å²) < 4.78 is 31.8. The van der Waals surface area contributed by atoms with E-state index in [2.05, 4.69) is 17.0 Å². The highest BCUT2D eigenvalue weighted by Gasteiger charge is 2.15. The molecule has 0 saturated carbocycles. The summed E-state index contributed by atoms with van der Waals surface area (Å²) >= 11 is 0. The molecule has 0 aliphatic carbocycles. The van der Waals surface area contributed by atoms with Crippen molar-refractivity contribution in [3.05, 3.63) is 29.8 Å². The van der Waals surface area contributed by atoms with Gasteiger partial charge in [-0.3, -0.25) is 0 Å². The van der Waals surface area contributed by atoms with Crippen LogP contribution in [-0.4, -0.2) is 34.4 Å². The predicted molar refractivity (Wildman–Crippen MR) is 86.1 cm³/mol. The van der Waals surface area contributed by atoms with Crippen molar-refractivity contribution in [1.82, 2.24) is 10.0 Å². The second-order valence-corrected chi connectivity index (χ2v) is 6.91. The minimum atomic E-state index is -3.25. The van der Waals surface area contributed by atoms with Gasteiger partial charge in [-0.05, 0) is 50.6 Å². The Morgan fingerprint density at radius 1 is 1.19 bits per heavy atom. The molecule has 0 aromatic heterocycles. The van der Waals surface area contributed by atoms with Crippen LogP contribution in [0.3, 0.4) is 0 Å². The number of ether oxygens (including phenoxy) is 1. The second-order valence-electron chi connectivity index (χ2n) is 5.04. The van der Waals surface area contributed by atoms with Gasteiger partial charge >= 0.3 is 0 Å². The van der Waals surface area contributed by atoms with Gasteiger partial charge in [0.05, 0.1) is 12.9 Å². The van der Waals surface area contributed by atoms with Gasteiger partial charge in [-0.2, -0.15) is 0 Å². The molecular weight excluding hydrogens is 288 g/mol. The third-order valence-electron chi connectivity index (χ3n) is 3.17. The minimum absolute atomic E-state index is 0.143. The fraction of sp³-hybridized carbons (Fsp3) is 0.600. The highest BCUT2D eigenvalue weighted by Crippen LogP contribution is 2.17. The topological polar surface area (TPSA) is 67.4 Å². The van der Waals surface area contributed by atoms with E-state index in [1.54, 1.807) is 7.11 Å². The van der Waals surface area contributed by atoms with Gasteiger partial charge in [-0.15, -0.1) is 0 Å². The summed E-state index contributed by atoms with van der Waals surface area (Å²) in [6.07, 6.45) is 1.67. The van der Waals surface area contributed by atoms with Gasteiger partial charge in [-0.1, -0.05) is 19.1 Å². The van der Waals surface area contributed by atoms with Crippen molar-refractivity contribution < 1.29 is 13.2 Å². The lowest BCUT2D eigenvalue weighted by atomic mass is 10.1. The number of nitrogens with one attached hydrogen (secondary N) is 2. The van der Waals surface area contributed by atoms with Gasteiger partial charge in [0.25, 0.3) is 0 Å². The molecule has 1 unspecified atom stereocenters. The second kappa shape index (κ2) is 9.02. The molecule has 0 fully saturated rings. The molecule has 0 heterocycles. The Morgan fingerprint density at radius 3 is 2.43 bits per heavy atom. The van der Waals surface area contributed by atoms with Crippen molar-refractivity contribution >= 4 is 10.0 Å². The van der Waals surface area contributed by atoms with Crippen LogP contribution in [0.2, 0.25) is 0 Å². The highest BCUT2D eigenvalue weighted by atomic mass is 32.2. The monoisotopic (exact) mass is 314 g/mol. The van der Waals surface area contributed by atoms with Crippen molar-refractivity contribution in [3.8, 4) is 5.75 Å². The van der Waals surface area contributed by atoms with Crippen molar-refractivity contribution in [1.29, 1.82) is 0 Å². The molecule has 1 aromatic carbocycles. The Bertz CT molecular complexity index is 500. The Kier molecular flexibility index (Phi) is 7.71. The Hall–Kier alpha value is -1.11. The average molecular weight is 314 g/mol. The molecular formula is C15H26N2O3S. The van der Waals surface area contributed by atoms with Gasteiger partial charge < -0.3 is 10.1 Å². The van der Waals surface area contributed by atoms with Crippen LogP contribution in [0.25, 0.3) is 0 Å². The van der Waals surface area contributed by atoms with E-state index >= 15 is 0 Å². The van der Waals surface area contributed by atoms with Crippen LogP contribution >= 0.6 is 0 Å². The number of hydrogen-bond donors (Lipinski definition) is 2. The van der Waals surface area contributed by atoms with Crippen LogP contribution in [0.1, 0.15) is 38.3 Å². The first-order valence-electron chi connectivity index (χ1n) is 7.33. The lowest BCUT2D eigenvalue weighted by Gasteiger charge is -2.15.